The van der Waals surface area contributed by atoms with Gasteiger partial charge in [-0.15, -0.1) is 11.8 Å². The van der Waals surface area contributed by atoms with Crippen LogP contribution in [-0.2, 0) is 4.74 Å². The minimum absolute atomic E-state index is 0.534. The smallest absolute Gasteiger partial charge is 0.128 e. The van der Waals surface area contributed by atoms with Crippen molar-refractivity contribution in [3.8, 4) is 0 Å². The van der Waals surface area contributed by atoms with Crippen LogP contribution in [0.3, 0.4) is 0 Å². The average Bonchev–Trinajstić information content (AvgIpc) is 2.11. The predicted molar refractivity (Wildman–Crippen MR) is 58.4 cm³/mol. The predicted octanol–water partition coefficient (Wildman–Crippen LogP) is 1.50. The first-order valence-corrected chi connectivity index (χ1v) is 5.44. The molecule has 0 bridgehead atoms. The van der Waals surface area contributed by atoms with Crippen LogP contribution < -0.4 is 5.73 Å². The van der Waals surface area contributed by atoms with E-state index in [-0.39, 0.29) is 0 Å². The lowest BCUT2D eigenvalue weighted by Crippen LogP contribution is -1.97. The van der Waals surface area contributed by atoms with Gasteiger partial charge in [-0.2, -0.15) is 0 Å². The molecule has 0 aliphatic carbocycles. The number of aryl methyl sites for hydroxylation is 1. The van der Waals surface area contributed by atoms with Gasteiger partial charge in [0.05, 0.1) is 0 Å². The normalized spacial score (nSPS) is 10.4. The number of anilines is 1. The molecule has 0 radical (unpaired) electrons. The van der Waals surface area contributed by atoms with Crippen LogP contribution in [0.5, 0.6) is 0 Å². The zero-order valence-electron chi connectivity index (χ0n) is 8.49. The summed E-state index contributed by atoms with van der Waals surface area (Å²) in [6, 6.07) is 1.80. The van der Waals surface area contributed by atoms with Crippen LogP contribution in [0.15, 0.2) is 11.1 Å². The second-order valence-electron chi connectivity index (χ2n) is 2.87. The monoisotopic (exact) mass is 213 g/mol. The fourth-order valence-corrected chi connectivity index (χ4v) is 1.89. The molecule has 0 amide bonds. The zero-order chi connectivity index (χ0) is 10.4. The van der Waals surface area contributed by atoms with Crippen molar-refractivity contribution in [2.24, 2.45) is 0 Å². The standard InChI is InChI=1S/C9H15N3OS/c1-7-11-8(10)6-9(12-7)14-5-3-4-13-2/h6H,3-5H2,1-2H3,(H2,10,11,12). The average molecular weight is 213 g/mol. The third-order valence-electron chi connectivity index (χ3n) is 1.58. The Balaban J connectivity index is 2.42. The van der Waals surface area contributed by atoms with Crippen LogP contribution >= 0.6 is 11.8 Å². The Hall–Kier alpha value is -0.810. The molecule has 0 atom stereocenters. The van der Waals surface area contributed by atoms with Gasteiger partial charge in [-0.1, -0.05) is 0 Å². The van der Waals surface area contributed by atoms with Crippen LogP contribution in [0.4, 0.5) is 5.82 Å². The molecule has 2 N–H and O–H groups in total. The first-order valence-electron chi connectivity index (χ1n) is 4.45. The Morgan fingerprint density at radius 1 is 1.50 bits per heavy atom. The van der Waals surface area contributed by atoms with Crippen molar-refractivity contribution in [1.82, 2.24) is 9.97 Å². The summed E-state index contributed by atoms with van der Waals surface area (Å²) in [6.07, 6.45) is 1.02. The third kappa shape index (κ3) is 3.93. The van der Waals surface area contributed by atoms with Crippen molar-refractivity contribution in [2.45, 2.75) is 18.4 Å². The Labute approximate surface area is 88.3 Å². The van der Waals surface area contributed by atoms with E-state index >= 15 is 0 Å². The van der Waals surface area contributed by atoms with Crippen LogP contribution in [0.2, 0.25) is 0 Å². The number of hydrogen-bond acceptors (Lipinski definition) is 5. The van der Waals surface area contributed by atoms with Gasteiger partial charge >= 0.3 is 0 Å². The summed E-state index contributed by atoms with van der Waals surface area (Å²) in [5.41, 5.74) is 5.60. The minimum Gasteiger partial charge on any atom is -0.385 e. The number of nitrogen functional groups attached to an aromatic ring is 1. The van der Waals surface area contributed by atoms with Crippen molar-refractivity contribution in [3.05, 3.63) is 11.9 Å². The number of aromatic nitrogens is 2. The van der Waals surface area contributed by atoms with E-state index in [1.807, 2.05) is 6.92 Å². The van der Waals surface area contributed by atoms with E-state index in [2.05, 4.69) is 9.97 Å². The first-order chi connectivity index (χ1) is 6.72. The molecule has 0 fully saturated rings. The van der Waals surface area contributed by atoms with Gasteiger partial charge in [0.15, 0.2) is 0 Å². The van der Waals surface area contributed by atoms with E-state index < -0.39 is 0 Å². The number of thioether (sulfide) groups is 1. The van der Waals surface area contributed by atoms with Gasteiger partial charge in [-0.25, -0.2) is 9.97 Å². The highest BCUT2D eigenvalue weighted by Crippen LogP contribution is 2.17. The van der Waals surface area contributed by atoms with E-state index in [0.717, 1.165) is 29.6 Å². The molecule has 5 heteroatoms. The molecule has 0 saturated carbocycles. The van der Waals surface area contributed by atoms with Crippen LogP contribution in [0, 0.1) is 6.92 Å². The molecule has 0 saturated heterocycles. The lowest BCUT2D eigenvalue weighted by atomic mass is 10.5. The number of nitrogens with two attached hydrogens (primary N) is 1. The second kappa shape index (κ2) is 5.82. The number of rotatable bonds is 5. The molecule has 4 nitrogen and oxygen atoms in total. The number of methoxy groups -OCH3 is 1. The fourth-order valence-electron chi connectivity index (χ4n) is 1.02. The molecule has 0 aliphatic heterocycles. The first kappa shape index (κ1) is 11.3. The highest BCUT2D eigenvalue weighted by Gasteiger charge is 1.99. The largest absolute Gasteiger partial charge is 0.385 e. The molecular formula is C9H15N3OS. The lowest BCUT2D eigenvalue weighted by molar-refractivity contribution is 0.200. The van der Waals surface area contributed by atoms with Crippen molar-refractivity contribution < 1.29 is 4.74 Å². The Morgan fingerprint density at radius 2 is 2.29 bits per heavy atom. The van der Waals surface area contributed by atoms with Gasteiger partial charge in [0.2, 0.25) is 0 Å². The van der Waals surface area contributed by atoms with Gasteiger partial charge in [0.1, 0.15) is 16.7 Å². The minimum atomic E-state index is 0.534. The van der Waals surface area contributed by atoms with Crippen LogP contribution in [0.1, 0.15) is 12.2 Å². The molecule has 0 aromatic carbocycles. The molecule has 0 unspecified atom stereocenters. The van der Waals surface area contributed by atoms with E-state index in [0.29, 0.717) is 5.82 Å². The molecule has 0 aliphatic rings. The van der Waals surface area contributed by atoms with Gasteiger partial charge < -0.3 is 10.5 Å². The summed E-state index contributed by atoms with van der Waals surface area (Å²) < 4.78 is 4.96. The molecule has 1 aromatic rings. The van der Waals surface area contributed by atoms with Crippen molar-refractivity contribution in [1.29, 1.82) is 0 Å². The van der Waals surface area contributed by atoms with Gasteiger partial charge in [-0.05, 0) is 13.3 Å². The summed E-state index contributed by atoms with van der Waals surface area (Å²) in [7, 11) is 1.71. The number of ether oxygens (including phenoxy) is 1. The highest BCUT2D eigenvalue weighted by molar-refractivity contribution is 7.99. The maximum atomic E-state index is 5.60. The maximum Gasteiger partial charge on any atom is 0.128 e. The molecule has 1 aromatic heterocycles. The molecule has 1 heterocycles. The Kier molecular flexibility index (Phi) is 4.69. The van der Waals surface area contributed by atoms with E-state index in [9.17, 15) is 0 Å². The van der Waals surface area contributed by atoms with Gasteiger partial charge in [-0.3, -0.25) is 0 Å². The molecule has 78 valence electrons. The molecule has 0 spiro atoms. The van der Waals surface area contributed by atoms with Gasteiger partial charge in [0, 0.05) is 25.5 Å². The second-order valence-corrected chi connectivity index (χ2v) is 3.99. The summed E-state index contributed by atoms with van der Waals surface area (Å²) in [5, 5.41) is 0.936. The SMILES string of the molecule is COCCCSc1cc(N)nc(C)n1. The molecule has 1 rings (SSSR count). The topological polar surface area (TPSA) is 61.0 Å². The number of nitrogens with zero attached hydrogens (tertiary/aromatic N) is 2. The molecule has 14 heavy (non-hydrogen) atoms. The van der Waals surface area contributed by atoms with Crippen molar-refractivity contribution in [2.75, 3.05) is 25.2 Å². The number of hydrogen-bond donors (Lipinski definition) is 1. The highest BCUT2D eigenvalue weighted by atomic mass is 32.2. The van der Waals surface area contributed by atoms with E-state index in [1.165, 1.54) is 0 Å². The fraction of sp³-hybridized carbons (Fsp3) is 0.556. The summed E-state index contributed by atoms with van der Waals surface area (Å²) in [4.78, 5) is 8.27. The summed E-state index contributed by atoms with van der Waals surface area (Å²) in [5.74, 6) is 2.25. The Morgan fingerprint density at radius 3 is 2.93 bits per heavy atom. The van der Waals surface area contributed by atoms with E-state index in [4.69, 9.17) is 10.5 Å². The van der Waals surface area contributed by atoms with Gasteiger partial charge in [0.25, 0.3) is 0 Å². The third-order valence-corrected chi connectivity index (χ3v) is 2.57. The molecular weight excluding hydrogens is 198 g/mol. The van der Waals surface area contributed by atoms with Crippen molar-refractivity contribution >= 4 is 17.6 Å². The van der Waals surface area contributed by atoms with Crippen molar-refractivity contribution in [3.63, 3.8) is 0 Å². The quantitative estimate of drug-likeness (QED) is 0.456. The van der Waals surface area contributed by atoms with E-state index in [1.54, 1.807) is 24.9 Å². The lowest BCUT2D eigenvalue weighted by Gasteiger charge is -2.02. The summed E-state index contributed by atoms with van der Waals surface area (Å²) in [6.45, 7) is 2.63. The Bertz CT molecular complexity index is 273. The maximum absolute atomic E-state index is 5.60. The summed E-state index contributed by atoms with van der Waals surface area (Å²) >= 11 is 1.68. The van der Waals surface area contributed by atoms with Crippen LogP contribution in [0.25, 0.3) is 0 Å². The zero-order valence-corrected chi connectivity index (χ0v) is 9.30. The van der Waals surface area contributed by atoms with Crippen LogP contribution in [-0.4, -0.2) is 29.4 Å².